The third-order valence-corrected chi connectivity index (χ3v) is 2.21. The molecule has 0 aliphatic carbocycles. The first kappa shape index (κ1) is 38.4. The molecular weight excluding hydrogens is 750 g/mol. The molecule has 9 nitrogen and oxygen atoms in total. The van der Waals surface area contributed by atoms with Crippen LogP contribution in [-0.4, -0.2) is 35.3 Å². The van der Waals surface area contributed by atoms with Gasteiger partial charge in [-0.25, -0.2) is 0 Å². The fourth-order valence-corrected chi connectivity index (χ4v) is 0.858. The number of carbonyl (C=O) groups excluding carboxylic acids is 6. The Hall–Kier alpha value is -1.20. The minimum Gasteiger partial charge on any atom is 2.00 e. The minimum absolute atomic E-state index is 0. The SMILES string of the molecule is CCC(=O)CC(=O)[O-].CCC(=O)CC(=O)[O-].CCC(=O)CC(=O)[O-].[CH3][Pt+]([CH3])[CH3].[Pt+2]. The maximum absolute atomic E-state index is 10.2. The minimum atomic E-state index is -1.29. The number of aliphatic carboxylic acids is 3. The largest absolute Gasteiger partial charge is 2.00 e. The molecule has 0 rings (SSSR count). The average Bonchev–Trinajstić information content (AvgIpc) is 2.53. The maximum Gasteiger partial charge on any atom is 2.00 e. The van der Waals surface area contributed by atoms with Crippen molar-refractivity contribution in [3.63, 3.8) is 0 Å². The van der Waals surface area contributed by atoms with Crippen LogP contribution in [0.1, 0.15) is 59.3 Å². The summed E-state index contributed by atoms with van der Waals surface area (Å²) in [6.07, 6.45) is -0.528. The van der Waals surface area contributed by atoms with Crippen LogP contribution in [0.25, 0.3) is 0 Å². The second-order valence-electron chi connectivity index (χ2n) is 5.27. The molecule has 0 unspecified atom stereocenters. The van der Waals surface area contributed by atoms with Crippen LogP contribution in [0.5, 0.6) is 0 Å². The zero-order valence-corrected chi connectivity index (χ0v) is 22.1. The summed E-state index contributed by atoms with van der Waals surface area (Å²) in [5, 5.41) is 35.9. The Morgan fingerprint density at radius 1 is 0.552 bits per heavy atom. The van der Waals surface area contributed by atoms with E-state index in [9.17, 15) is 44.1 Å². The second-order valence-corrected chi connectivity index (χ2v) is 12.1. The van der Waals surface area contributed by atoms with Crippen LogP contribution in [0.3, 0.4) is 0 Å². The number of carbonyl (C=O) groups is 6. The van der Waals surface area contributed by atoms with Gasteiger partial charge in [-0.15, -0.1) is 0 Å². The van der Waals surface area contributed by atoms with Gasteiger partial charge in [0.15, 0.2) is 0 Å². The van der Waals surface area contributed by atoms with Crippen LogP contribution in [0, 0.1) is 0 Å². The number of carboxylic acids is 3. The predicted octanol–water partition coefficient (Wildman–Crippen LogP) is -0.937. The van der Waals surface area contributed by atoms with Gasteiger partial charge in [0.05, 0.1) is 0 Å². The molecule has 11 heteroatoms. The fraction of sp³-hybridized carbons (Fsp3) is 0.667. The van der Waals surface area contributed by atoms with Gasteiger partial charge >= 0.3 is 54.3 Å². The first-order chi connectivity index (χ1) is 12.7. The van der Waals surface area contributed by atoms with Gasteiger partial charge in [0.2, 0.25) is 0 Å². The molecular formula is C18H30O9Pt2. The zero-order chi connectivity index (χ0) is 23.3. The maximum atomic E-state index is 10.2. The Morgan fingerprint density at radius 2 is 0.690 bits per heavy atom. The molecule has 0 saturated heterocycles. The van der Waals surface area contributed by atoms with Crippen LogP contribution in [0.2, 0.25) is 15.9 Å². The van der Waals surface area contributed by atoms with Gasteiger partial charge in [0.25, 0.3) is 0 Å². The van der Waals surface area contributed by atoms with Gasteiger partial charge in [-0.05, 0) is 0 Å². The normalized spacial score (nSPS) is 8.69. The van der Waals surface area contributed by atoms with E-state index in [2.05, 4.69) is 15.9 Å². The van der Waals surface area contributed by atoms with Crippen molar-refractivity contribution >= 4 is 35.3 Å². The van der Waals surface area contributed by atoms with Crippen molar-refractivity contribution in [3.05, 3.63) is 0 Å². The van der Waals surface area contributed by atoms with Crippen LogP contribution in [-0.2, 0) is 67.1 Å². The zero-order valence-electron chi connectivity index (χ0n) is 17.5. The van der Waals surface area contributed by atoms with E-state index in [4.69, 9.17) is 0 Å². The van der Waals surface area contributed by atoms with E-state index in [1.807, 2.05) is 0 Å². The quantitative estimate of drug-likeness (QED) is 0.268. The summed E-state index contributed by atoms with van der Waals surface area (Å²) in [6, 6.07) is 0. The average molecular weight is 781 g/mol. The van der Waals surface area contributed by atoms with Crippen LogP contribution in [0.15, 0.2) is 0 Å². The standard InChI is InChI=1S/3C5H8O3.3CH3.2Pt/c3*1-2-4(6)3-5(7)8;;;;;/h3*2-3H2,1H3,(H,7,8);3*1H3;;/q;;;;;;+1;+2/p-3. The third-order valence-electron chi connectivity index (χ3n) is 2.21. The molecule has 0 aromatic rings. The van der Waals surface area contributed by atoms with E-state index in [-0.39, 0.29) is 75.0 Å². The Kier molecular flexibility index (Phi) is 35.5. The number of Topliss-reactive ketones (excluding diaryl/α,β-unsaturated/α-hetero) is 3. The van der Waals surface area contributed by atoms with Crippen molar-refractivity contribution in [2.45, 2.75) is 75.2 Å². The molecule has 0 aliphatic rings. The molecule has 29 heavy (non-hydrogen) atoms. The molecule has 0 N–H and O–H groups in total. The molecule has 0 aliphatic heterocycles. The van der Waals surface area contributed by atoms with Crippen LogP contribution in [0.4, 0.5) is 0 Å². The topological polar surface area (TPSA) is 172 Å². The van der Waals surface area contributed by atoms with Crippen molar-refractivity contribution < 1.29 is 82.5 Å². The second kappa shape index (κ2) is 26.8. The molecule has 0 atom stereocenters. The Morgan fingerprint density at radius 3 is 0.724 bits per heavy atom. The molecule has 0 saturated carbocycles. The summed E-state index contributed by atoms with van der Waals surface area (Å²) in [6.45, 7) is 4.85. The summed E-state index contributed by atoms with van der Waals surface area (Å²) in [5.41, 5.74) is 0. The molecule has 0 radical (unpaired) electrons. The number of hydrogen-bond donors (Lipinski definition) is 0. The molecule has 0 aromatic heterocycles. The van der Waals surface area contributed by atoms with Gasteiger partial charge in [0, 0.05) is 56.4 Å². The van der Waals surface area contributed by atoms with E-state index in [0.717, 1.165) is 0 Å². The number of carboxylic acid groups (broad SMARTS) is 3. The molecule has 0 amide bonds. The monoisotopic (exact) mass is 780 g/mol. The smallest absolute Gasteiger partial charge is 2.00 e. The molecule has 176 valence electrons. The van der Waals surface area contributed by atoms with Gasteiger partial charge in [-0.2, -0.15) is 0 Å². The Bertz CT molecular complexity index is 434. The number of hydrogen-bond acceptors (Lipinski definition) is 9. The molecule has 0 spiro atoms. The summed E-state index contributed by atoms with van der Waals surface area (Å²) in [5.74, 6) is -4.74. The van der Waals surface area contributed by atoms with E-state index in [1.54, 1.807) is 20.8 Å². The summed E-state index contributed by atoms with van der Waals surface area (Å²) in [7, 11) is 0. The summed E-state index contributed by atoms with van der Waals surface area (Å²) in [4.78, 5) is 59.5. The first-order valence-electron chi connectivity index (χ1n) is 8.09. The van der Waals surface area contributed by atoms with Gasteiger partial charge in [0.1, 0.15) is 17.3 Å². The van der Waals surface area contributed by atoms with Crippen molar-refractivity contribution in [1.29, 1.82) is 0 Å². The van der Waals surface area contributed by atoms with Crippen molar-refractivity contribution in [1.82, 2.24) is 0 Å². The molecule has 0 heterocycles. The van der Waals surface area contributed by atoms with Gasteiger partial charge in [-0.3, -0.25) is 14.4 Å². The van der Waals surface area contributed by atoms with Crippen molar-refractivity contribution in [3.8, 4) is 0 Å². The third kappa shape index (κ3) is 58.4. The van der Waals surface area contributed by atoms with Crippen LogP contribution >= 0.6 is 0 Å². The van der Waals surface area contributed by atoms with E-state index < -0.39 is 37.2 Å². The Labute approximate surface area is 192 Å². The molecule has 0 aromatic carbocycles. The fourth-order valence-electron chi connectivity index (χ4n) is 0.858. The van der Waals surface area contributed by atoms with E-state index >= 15 is 0 Å². The van der Waals surface area contributed by atoms with Crippen molar-refractivity contribution in [2.75, 3.05) is 0 Å². The van der Waals surface area contributed by atoms with Gasteiger partial charge in [-0.1, -0.05) is 20.8 Å². The molecule has 0 bridgehead atoms. The number of ketones is 3. The Balaban J connectivity index is -0.0000000896. The van der Waals surface area contributed by atoms with E-state index in [0.29, 0.717) is 0 Å². The van der Waals surface area contributed by atoms with Crippen LogP contribution < -0.4 is 15.3 Å². The van der Waals surface area contributed by atoms with Gasteiger partial charge < -0.3 is 29.7 Å². The van der Waals surface area contributed by atoms with Crippen molar-refractivity contribution in [2.24, 2.45) is 0 Å². The summed E-state index contributed by atoms with van der Waals surface area (Å²) < 4.78 is 0. The number of rotatable bonds is 9. The summed E-state index contributed by atoms with van der Waals surface area (Å²) >= 11 is -0.269. The molecule has 0 fully saturated rings. The first-order valence-corrected chi connectivity index (χ1v) is 14.9. The predicted molar refractivity (Wildman–Crippen MR) is 92.4 cm³/mol. The van der Waals surface area contributed by atoms with E-state index in [1.165, 1.54) is 0 Å².